The standard InChI is InChI=1S/C14H20Cl2N4O.HI/c1-17-14(18-7-6-13(21)20(2)3)19-9-10-4-5-11(15)8-12(10)16;/h4-5,8H,6-7,9H2,1-3H3,(H2,17,18,19);1H. The molecule has 0 aliphatic rings. The molecular formula is C14H21Cl2IN4O. The topological polar surface area (TPSA) is 56.7 Å². The normalized spacial score (nSPS) is 10.7. The summed E-state index contributed by atoms with van der Waals surface area (Å²) in [6, 6.07) is 5.35. The molecule has 0 aliphatic carbocycles. The number of nitrogens with one attached hydrogen (secondary N) is 2. The second kappa shape index (κ2) is 10.9. The molecule has 0 saturated heterocycles. The number of hydrogen-bond donors (Lipinski definition) is 2. The molecule has 1 aromatic carbocycles. The van der Waals surface area contributed by atoms with Crippen molar-refractivity contribution in [3.63, 3.8) is 0 Å². The first-order chi connectivity index (χ1) is 9.93. The highest BCUT2D eigenvalue weighted by molar-refractivity contribution is 14.0. The molecule has 0 spiro atoms. The van der Waals surface area contributed by atoms with Gasteiger partial charge in [0.25, 0.3) is 0 Å². The molecule has 0 heterocycles. The molecule has 0 unspecified atom stereocenters. The number of hydrogen-bond acceptors (Lipinski definition) is 2. The second-order valence-corrected chi connectivity index (χ2v) is 5.47. The van der Waals surface area contributed by atoms with Crippen LogP contribution in [0.5, 0.6) is 0 Å². The lowest BCUT2D eigenvalue weighted by Crippen LogP contribution is -2.38. The molecule has 0 atom stereocenters. The Morgan fingerprint density at radius 2 is 1.95 bits per heavy atom. The second-order valence-electron chi connectivity index (χ2n) is 4.63. The highest BCUT2D eigenvalue weighted by atomic mass is 127. The van der Waals surface area contributed by atoms with E-state index in [9.17, 15) is 4.79 Å². The van der Waals surface area contributed by atoms with Crippen LogP contribution in [0.15, 0.2) is 23.2 Å². The number of benzene rings is 1. The van der Waals surface area contributed by atoms with Crippen LogP contribution in [-0.4, -0.2) is 44.5 Å². The number of carbonyl (C=O) groups is 1. The van der Waals surface area contributed by atoms with Crippen molar-refractivity contribution < 1.29 is 4.79 Å². The minimum absolute atomic E-state index is 0. The van der Waals surface area contributed by atoms with Gasteiger partial charge in [-0.15, -0.1) is 24.0 Å². The molecule has 22 heavy (non-hydrogen) atoms. The van der Waals surface area contributed by atoms with Gasteiger partial charge in [0.1, 0.15) is 0 Å². The van der Waals surface area contributed by atoms with E-state index in [0.29, 0.717) is 35.5 Å². The van der Waals surface area contributed by atoms with E-state index in [1.165, 1.54) is 0 Å². The molecule has 0 radical (unpaired) electrons. The van der Waals surface area contributed by atoms with Crippen LogP contribution in [0.4, 0.5) is 0 Å². The highest BCUT2D eigenvalue weighted by Crippen LogP contribution is 2.20. The molecule has 0 aliphatic heterocycles. The predicted molar refractivity (Wildman–Crippen MR) is 103 cm³/mol. The molecular weight excluding hydrogens is 438 g/mol. The fourth-order valence-corrected chi connectivity index (χ4v) is 2.05. The summed E-state index contributed by atoms with van der Waals surface area (Å²) >= 11 is 12.0. The van der Waals surface area contributed by atoms with E-state index >= 15 is 0 Å². The van der Waals surface area contributed by atoms with Crippen LogP contribution in [0.2, 0.25) is 10.0 Å². The van der Waals surface area contributed by atoms with Crippen molar-refractivity contribution in [1.29, 1.82) is 0 Å². The Labute approximate surface area is 158 Å². The van der Waals surface area contributed by atoms with E-state index in [2.05, 4.69) is 15.6 Å². The first-order valence-electron chi connectivity index (χ1n) is 6.52. The Bertz CT molecular complexity index is 524. The minimum Gasteiger partial charge on any atom is -0.356 e. The van der Waals surface area contributed by atoms with Crippen molar-refractivity contribution in [1.82, 2.24) is 15.5 Å². The summed E-state index contributed by atoms with van der Waals surface area (Å²) in [7, 11) is 5.14. The largest absolute Gasteiger partial charge is 0.356 e. The summed E-state index contributed by atoms with van der Waals surface area (Å²) in [5.41, 5.74) is 0.924. The van der Waals surface area contributed by atoms with Crippen LogP contribution in [0.25, 0.3) is 0 Å². The SMILES string of the molecule is CN=C(NCCC(=O)N(C)C)NCc1ccc(Cl)cc1Cl.I. The third kappa shape index (κ3) is 7.51. The van der Waals surface area contributed by atoms with Crippen molar-refractivity contribution in [2.24, 2.45) is 4.99 Å². The van der Waals surface area contributed by atoms with Gasteiger partial charge in [-0.25, -0.2) is 0 Å². The fraction of sp³-hybridized carbons (Fsp3) is 0.429. The smallest absolute Gasteiger partial charge is 0.223 e. The van der Waals surface area contributed by atoms with Gasteiger partial charge in [-0.2, -0.15) is 0 Å². The van der Waals surface area contributed by atoms with Gasteiger partial charge in [-0.1, -0.05) is 29.3 Å². The molecule has 2 N–H and O–H groups in total. The van der Waals surface area contributed by atoms with Crippen LogP contribution >= 0.6 is 47.2 Å². The number of halogens is 3. The monoisotopic (exact) mass is 458 g/mol. The van der Waals surface area contributed by atoms with E-state index in [1.54, 1.807) is 38.2 Å². The van der Waals surface area contributed by atoms with Gasteiger partial charge in [-0.05, 0) is 17.7 Å². The molecule has 1 rings (SSSR count). The van der Waals surface area contributed by atoms with Gasteiger partial charge in [0, 0.05) is 50.7 Å². The van der Waals surface area contributed by atoms with Gasteiger partial charge in [-0.3, -0.25) is 9.79 Å². The Kier molecular flexibility index (Phi) is 10.5. The molecule has 0 bridgehead atoms. The van der Waals surface area contributed by atoms with E-state index in [1.807, 2.05) is 6.07 Å². The van der Waals surface area contributed by atoms with Crippen LogP contribution in [-0.2, 0) is 11.3 Å². The third-order valence-electron chi connectivity index (χ3n) is 2.82. The summed E-state index contributed by atoms with van der Waals surface area (Å²) < 4.78 is 0. The Morgan fingerprint density at radius 3 is 2.50 bits per heavy atom. The van der Waals surface area contributed by atoms with E-state index in [0.717, 1.165) is 5.56 Å². The van der Waals surface area contributed by atoms with Gasteiger partial charge in [0.05, 0.1) is 0 Å². The van der Waals surface area contributed by atoms with Crippen LogP contribution in [0.1, 0.15) is 12.0 Å². The average Bonchev–Trinajstić information content (AvgIpc) is 2.43. The molecule has 8 heteroatoms. The third-order valence-corrected chi connectivity index (χ3v) is 3.40. The van der Waals surface area contributed by atoms with Crippen molar-refractivity contribution in [3.05, 3.63) is 33.8 Å². The molecule has 0 aromatic heterocycles. The average molecular weight is 459 g/mol. The van der Waals surface area contributed by atoms with Crippen LogP contribution in [0, 0.1) is 0 Å². The first kappa shape index (κ1) is 21.3. The summed E-state index contributed by atoms with van der Waals surface area (Å²) in [5, 5.41) is 7.42. The Morgan fingerprint density at radius 1 is 1.27 bits per heavy atom. The molecule has 1 amide bonds. The summed E-state index contributed by atoms with van der Waals surface area (Å²) in [5.74, 6) is 0.686. The van der Waals surface area contributed by atoms with Gasteiger partial charge in [0.15, 0.2) is 5.96 Å². The zero-order chi connectivity index (χ0) is 15.8. The maximum Gasteiger partial charge on any atom is 0.223 e. The number of guanidine groups is 1. The fourth-order valence-electron chi connectivity index (χ4n) is 1.58. The lowest BCUT2D eigenvalue weighted by Gasteiger charge is -2.14. The summed E-state index contributed by atoms with van der Waals surface area (Å²) in [6.45, 7) is 1.04. The number of carbonyl (C=O) groups excluding carboxylic acids is 1. The lowest BCUT2D eigenvalue weighted by molar-refractivity contribution is -0.128. The molecule has 0 fully saturated rings. The van der Waals surface area contributed by atoms with Crippen molar-refractivity contribution in [2.75, 3.05) is 27.7 Å². The number of rotatable bonds is 5. The molecule has 0 saturated carbocycles. The van der Waals surface area contributed by atoms with Gasteiger partial charge >= 0.3 is 0 Å². The number of nitrogens with zero attached hydrogens (tertiary/aromatic N) is 2. The Balaban J connectivity index is 0.00000441. The van der Waals surface area contributed by atoms with Crippen molar-refractivity contribution in [2.45, 2.75) is 13.0 Å². The number of amides is 1. The molecule has 5 nitrogen and oxygen atoms in total. The predicted octanol–water partition coefficient (Wildman–Crippen LogP) is 2.75. The van der Waals surface area contributed by atoms with Crippen molar-refractivity contribution in [3.8, 4) is 0 Å². The summed E-state index contributed by atoms with van der Waals surface area (Å²) in [6.07, 6.45) is 0.412. The zero-order valence-corrected chi connectivity index (χ0v) is 16.7. The van der Waals surface area contributed by atoms with Crippen LogP contribution < -0.4 is 10.6 Å². The lowest BCUT2D eigenvalue weighted by atomic mass is 10.2. The summed E-state index contributed by atoms with van der Waals surface area (Å²) in [4.78, 5) is 17.1. The zero-order valence-electron chi connectivity index (χ0n) is 12.8. The molecule has 124 valence electrons. The van der Waals surface area contributed by atoms with Gasteiger partial charge in [0.2, 0.25) is 5.91 Å². The maximum absolute atomic E-state index is 11.5. The quantitative estimate of drug-likeness (QED) is 0.405. The number of aliphatic imine (C=N–C) groups is 1. The van der Waals surface area contributed by atoms with E-state index < -0.39 is 0 Å². The minimum atomic E-state index is 0. The maximum atomic E-state index is 11.5. The van der Waals surface area contributed by atoms with Crippen LogP contribution in [0.3, 0.4) is 0 Å². The van der Waals surface area contributed by atoms with Crippen molar-refractivity contribution >= 4 is 59.0 Å². The highest BCUT2D eigenvalue weighted by Gasteiger charge is 2.05. The van der Waals surface area contributed by atoms with E-state index in [-0.39, 0.29) is 29.9 Å². The first-order valence-corrected chi connectivity index (χ1v) is 7.28. The Hall–Kier alpha value is -0.730. The van der Waals surface area contributed by atoms with Gasteiger partial charge < -0.3 is 15.5 Å². The molecule has 1 aromatic rings. The van der Waals surface area contributed by atoms with E-state index in [4.69, 9.17) is 23.2 Å².